The van der Waals surface area contributed by atoms with Crippen molar-refractivity contribution >= 4 is 33.6 Å². The van der Waals surface area contributed by atoms with Crippen LogP contribution in [0.25, 0.3) is 0 Å². The second kappa shape index (κ2) is 7.09. The fourth-order valence-corrected chi connectivity index (χ4v) is 2.81. The van der Waals surface area contributed by atoms with E-state index in [0.29, 0.717) is 24.0 Å². The highest BCUT2D eigenvalue weighted by Crippen LogP contribution is 2.22. The third-order valence-electron chi connectivity index (χ3n) is 3.63. The van der Waals surface area contributed by atoms with Crippen molar-refractivity contribution in [3.63, 3.8) is 0 Å². The molecular formula is C15H19BrFN3O2. The quantitative estimate of drug-likeness (QED) is 0.868. The topological polar surface area (TPSA) is 52.7 Å². The minimum atomic E-state index is -0.486. The van der Waals surface area contributed by atoms with Crippen molar-refractivity contribution in [2.45, 2.75) is 12.8 Å². The summed E-state index contributed by atoms with van der Waals surface area (Å²) in [5.74, 6) is -1.06. The number of likely N-dealkylation sites (tertiary alicyclic amines) is 1. The maximum absolute atomic E-state index is 13.8. The second-order valence-electron chi connectivity index (χ2n) is 5.58. The molecule has 1 aromatic rings. The molecule has 0 spiro atoms. The molecule has 120 valence electrons. The molecule has 5 nitrogen and oxygen atoms in total. The number of nitrogens with one attached hydrogen (secondary N) is 1. The first-order chi connectivity index (χ1) is 10.4. The molecular weight excluding hydrogens is 353 g/mol. The van der Waals surface area contributed by atoms with Crippen LogP contribution in [0.1, 0.15) is 12.8 Å². The van der Waals surface area contributed by atoms with E-state index in [1.165, 1.54) is 17.0 Å². The number of halogens is 2. The zero-order chi connectivity index (χ0) is 16.3. The third kappa shape index (κ3) is 3.97. The van der Waals surface area contributed by atoms with Crippen molar-refractivity contribution in [1.82, 2.24) is 9.80 Å². The van der Waals surface area contributed by atoms with Gasteiger partial charge in [-0.25, -0.2) is 9.18 Å². The number of carbonyl (C=O) groups is 2. The molecule has 0 radical (unpaired) electrons. The number of hydrogen-bond donors (Lipinski definition) is 1. The van der Waals surface area contributed by atoms with Crippen LogP contribution in [-0.2, 0) is 4.79 Å². The highest BCUT2D eigenvalue weighted by atomic mass is 79.9. The van der Waals surface area contributed by atoms with E-state index in [9.17, 15) is 14.0 Å². The third-order valence-corrected chi connectivity index (χ3v) is 4.13. The van der Waals surface area contributed by atoms with Gasteiger partial charge in [-0.3, -0.25) is 4.79 Å². The predicted octanol–water partition coefficient (Wildman–Crippen LogP) is 2.92. The van der Waals surface area contributed by atoms with Crippen molar-refractivity contribution < 1.29 is 14.0 Å². The zero-order valence-corrected chi connectivity index (χ0v) is 14.2. The summed E-state index contributed by atoms with van der Waals surface area (Å²) in [4.78, 5) is 27.4. The molecule has 1 aliphatic rings. The van der Waals surface area contributed by atoms with Crippen LogP contribution >= 0.6 is 15.9 Å². The van der Waals surface area contributed by atoms with Crippen LogP contribution in [0.4, 0.5) is 14.9 Å². The summed E-state index contributed by atoms with van der Waals surface area (Å²) < 4.78 is 14.4. The fourth-order valence-electron chi connectivity index (χ4n) is 2.47. The first-order valence-electron chi connectivity index (χ1n) is 7.10. The lowest BCUT2D eigenvalue weighted by molar-refractivity contribution is -0.121. The van der Waals surface area contributed by atoms with Crippen molar-refractivity contribution in [2.24, 2.45) is 5.92 Å². The van der Waals surface area contributed by atoms with Crippen molar-refractivity contribution in [1.29, 1.82) is 0 Å². The Hall–Kier alpha value is -1.63. The highest BCUT2D eigenvalue weighted by molar-refractivity contribution is 9.10. The van der Waals surface area contributed by atoms with Crippen LogP contribution in [0.15, 0.2) is 22.7 Å². The smallest absolute Gasteiger partial charge is 0.319 e. The van der Waals surface area contributed by atoms with Gasteiger partial charge in [-0.15, -0.1) is 0 Å². The molecule has 1 heterocycles. The normalized spacial score (nSPS) is 18.0. The molecule has 1 N–H and O–H groups in total. The lowest BCUT2D eigenvalue weighted by Gasteiger charge is -2.33. The fraction of sp³-hybridized carbons (Fsp3) is 0.467. The van der Waals surface area contributed by atoms with Crippen molar-refractivity contribution in [3.8, 4) is 0 Å². The number of piperidine rings is 1. The van der Waals surface area contributed by atoms with Gasteiger partial charge in [-0.2, -0.15) is 0 Å². The average Bonchev–Trinajstić information content (AvgIpc) is 2.49. The monoisotopic (exact) mass is 371 g/mol. The van der Waals surface area contributed by atoms with E-state index in [0.717, 1.165) is 6.42 Å². The van der Waals surface area contributed by atoms with Gasteiger partial charge in [0.2, 0.25) is 5.91 Å². The molecule has 0 unspecified atom stereocenters. The summed E-state index contributed by atoms with van der Waals surface area (Å²) in [5.41, 5.74) is 0.157. The van der Waals surface area contributed by atoms with Crippen LogP contribution < -0.4 is 5.32 Å². The van der Waals surface area contributed by atoms with Crippen LogP contribution in [0.3, 0.4) is 0 Å². The Morgan fingerprint density at radius 3 is 2.77 bits per heavy atom. The molecule has 0 aromatic heterocycles. The standard InChI is InChI=1S/C15H19BrFN3O2/c1-19(2)15(22)20-7-3-4-10(9-20)14(21)18-13-6-5-11(16)8-12(13)17/h5-6,8,10H,3-4,7,9H2,1-2H3,(H,18,21)/t10-/m0/s1. The van der Waals surface area contributed by atoms with Gasteiger partial charge in [0.15, 0.2) is 0 Å². The zero-order valence-electron chi connectivity index (χ0n) is 12.6. The van der Waals surface area contributed by atoms with E-state index in [2.05, 4.69) is 21.2 Å². The van der Waals surface area contributed by atoms with Crippen LogP contribution in [0.5, 0.6) is 0 Å². The summed E-state index contributed by atoms with van der Waals surface area (Å²) in [6.07, 6.45) is 1.46. The number of nitrogens with zero attached hydrogens (tertiary/aromatic N) is 2. The molecule has 0 saturated carbocycles. The SMILES string of the molecule is CN(C)C(=O)N1CCC[C@H](C(=O)Nc2ccc(Br)cc2F)C1. The summed E-state index contributed by atoms with van der Waals surface area (Å²) in [7, 11) is 3.37. The molecule has 0 bridgehead atoms. The Kier molecular flexibility index (Phi) is 5.39. The van der Waals surface area contributed by atoms with Gasteiger partial charge in [0, 0.05) is 31.7 Å². The van der Waals surface area contributed by atoms with Crippen LogP contribution in [0.2, 0.25) is 0 Å². The van der Waals surface area contributed by atoms with Gasteiger partial charge in [-0.1, -0.05) is 15.9 Å². The van der Waals surface area contributed by atoms with E-state index in [1.54, 1.807) is 25.1 Å². The minimum Gasteiger partial charge on any atom is -0.331 e. The van der Waals surface area contributed by atoms with Gasteiger partial charge >= 0.3 is 6.03 Å². The van der Waals surface area contributed by atoms with Gasteiger partial charge in [-0.05, 0) is 31.0 Å². The molecule has 1 fully saturated rings. The van der Waals surface area contributed by atoms with Gasteiger partial charge in [0.1, 0.15) is 5.82 Å². The Balaban J connectivity index is 2.01. The number of hydrogen-bond acceptors (Lipinski definition) is 2. The van der Waals surface area contributed by atoms with E-state index in [4.69, 9.17) is 0 Å². The summed E-state index contributed by atoms with van der Waals surface area (Å²) in [6.45, 7) is 1.01. The summed E-state index contributed by atoms with van der Waals surface area (Å²) >= 11 is 3.17. The molecule has 1 aromatic carbocycles. The molecule has 7 heteroatoms. The molecule has 1 aliphatic heterocycles. The minimum absolute atomic E-state index is 0.104. The molecule has 1 atom stereocenters. The van der Waals surface area contributed by atoms with Crippen molar-refractivity contribution in [3.05, 3.63) is 28.5 Å². The Morgan fingerprint density at radius 1 is 1.41 bits per heavy atom. The maximum atomic E-state index is 13.8. The number of amides is 3. The molecule has 1 saturated heterocycles. The Morgan fingerprint density at radius 2 is 2.14 bits per heavy atom. The number of urea groups is 1. The van der Waals surface area contributed by atoms with Crippen molar-refractivity contribution in [2.75, 3.05) is 32.5 Å². The second-order valence-corrected chi connectivity index (χ2v) is 6.49. The summed E-state index contributed by atoms with van der Waals surface area (Å²) in [5, 5.41) is 2.61. The van der Waals surface area contributed by atoms with Gasteiger partial charge in [0.05, 0.1) is 11.6 Å². The largest absolute Gasteiger partial charge is 0.331 e. The van der Waals surface area contributed by atoms with E-state index >= 15 is 0 Å². The number of carbonyl (C=O) groups excluding carboxylic acids is 2. The number of anilines is 1. The Labute approximate surface area is 137 Å². The molecule has 0 aliphatic carbocycles. The maximum Gasteiger partial charge on any atom is 0.319 e. The predicted molar refractivity (Wildman–Crippen MR) is 86.1 cm³/mol. The highest BCUT2D eigenvalue weighted by Gasteiger charge is 2.29. The first-order valence-corrected chi connectivity index (χ1v) is 7.90. The van der Waals surface area contributed by atoms with Crippen LogP contribution in [-0.4, -0.2) is 48.9 Å². The van der Waals surface area contributed by atoms with Gasteiger partial charge < -0.3 is 15.1 Å². The lowest BCUT2D eigenvalue weighted by atomic mass is 9.97. The van der Waals surface area contributed by atoms with Gasteiger partial charge in [0.25, 0.3) is 0 Å². The molecule has 22 heavy (non-hydrogen) atoms. The van der Waals surface area contributed by atoms with E-state index < -0.39 is 5.82 Å². The number of benzene rings is 1. The van der Waals surface area contributed by atoms with Crippen LogP contribution in [0, 0.1) is 11.7 Å². The average molecular weight is 372 g/mol. The van der Waals surface area contributed by atoms with E-state index in [1.807, 2.05) is 0 Å². The molecule has 2 rings (SSSR count). The molecule has 3 amide bonds. The van der Waals surface area contributed by atoms with E-state index in [-0.39, 0.29) is 23.5 Å². The first kappa shape index (κ1) is 16.7. The Bertz CT molecular complexity index is 580. The lowest BCUT2D eigenvalue weighted by Crippen LogP contribution is -2.47. The number of rotatable bonds is 2. The summed E-state index contributed by atoms with van der Waals surface area (Å²) in [6, 6.07) is 4.38.